The second-order valence-electron chi connectivity index (χ2n) is 7.06. The Labute approximate surface area is 184 Å². The fourth-order valence-corrected chi connectivity index (χ4v) is 4.48. The molecule has 32 heavy (non-hydrogen) atoms. The predicted molar refractivity (Wildman–Crippen MR) is 114 cm³/mol. The van der Waals surface area contributed by atoms with Gasteiger partial charge in [0.05, 0.1) is 6.54 Å². The highest BCUT2D eigenvalue weighted by Crippen LogP contribution is 2.21. The second kappa shape index (κ2) is 10.4. The minimum atomic E-state index is -4.36. The van der Waals surface area contributed by atoms with Crippen molar-refractivity contribution in [2.75, 3.05) is 13.1 Å². The van der Waals surface area contributed by atoms with Gasteiger partial charge in [0, 0.05) is 13.1 Å². The number of rotatable bonds is 9. The Kier molecular flexibility index (Phi) is 7.66. The van der Waals surface area contributed by atoms with Crippen LogP contribution in [-0.4, -0.2) is 31.7 Å². The lowest BCUT2D eigenvalue weighted by Crippen LogP contribution is -2.41. The van der Waals surface area contributed by atoms with E-state index >= 15 is 0 Å². The summed E-state index contributed by atoms with van der Waals surface area (Å²) < 4.78 is 67.4. The van der Waals surface area contributed by atoms with E-state index in [-0.39, 0.29) is 18.9 Å². The summed E-state index contributed by atoms with van der Waals surface area (Å²) in [5, 5.41) is 2.62. The number of nitrogens with one attached hydrogen (secondary N) is 1. The van der Waals surface area contributed by atoms with Crippen LogP contribution in [0.1, 0.15) is 11.1 Å². The summed E-state index contributed by atoms with van der Waals surface area (Å²) in [6, 6.07) is 15.8. The Morgan fingerprint density at radius 1 is 0.812 bits per heavy atom. The molecule has 3 aromatic carbocycles. The number of hydrogen-bond donors (Lipinski definition) is 1. The molecular formula is C23H21F3N2O3S. The Hall–Kier alpha value is -3.17. The van der Waals surface area contributed by atoms with Gasteiger partial charge in [0.2, 0.25) is 15.9 Å². The summed E-state index contributed by atoms with van der Waals surface area (Å²) in [5.74, 6) is -2.38. The molecule has 0 saturated heterocycles. The molecule has 1 amide bonds. The third-order valence-electron chi connectivity index (χ3n) is 4.70. The number of hydrogen-bond acceptors (Lipinski definition) is 3. The SMILES string of the molecule is O=C(CN(Cc1ccc(F)cc1)S(=O)(=O)c1ccccc1F)NCCc1ccc(F)cc1. The summed E-state index contributed by atoms with van der Waals surface area (Å²) in [7, 11) is -4.36. The minimum Gasteiger partial charge on any atom is -0.355 e. The molecule has 1 N–H and O–H groups in total. The van der Waals surface area contributed by atoms with Crippen LogP contribution in [-0.2, 0) is 27.8 Å². The van der Waals surface area contributed by atoms with Crippen molar-refractivity contribution in [2.45, 2.75) is 17.9 Å². The van der Waals surface area contributed by atoms with Crippen LogP contribution in [0.2, 0.25) is 0 Å². The smallest absolute Gasteiger partial charge is 0.246 e. The van der Waals surface area contributed by atoms with Crippen LogP contribution >= 0.6 is 0 Å². The Morgan fingerprint density at radius 2 is 1.38 bits per heavy atom. The predicted octanol–water partition coefficient (Wildman–Crippen LogP) is 3.65. The molecule has 0 saturated carbocycles. The van der Waals surface area contributed by atoms with Crippen molar-refractivity contribution in [1.29, 1.82) is 0 Å². The minimum absolute atomic E-state index is 0.203. The monoisotopic (exact) mass is 462 g/mol. The van der Waals surface area contributed by atoms with E-state index in [1.54, 1.807) is 12.1 Å². The lowest BCUT2D eigenvalue weighted by molar-refractivity contribution is -0.121. The highest BCUT2D eigenvalue weighted by molar-refractivity contribution is 7.89. The third kappa shape index (κ3) is 6.18. The highest BCUT2D eigenvalue weighted by atomic mass is 32.2. The normalized spacial score (nSPS) is 11.5. The van der Waals surface area contributed by atoms with Crippen molar-refractivity contribution in [3.05, 3.63) is 101 Å². The largest absolute Gasteiger partial charge is 0.355 e. The maximum Gasteiger partial charge on any atom is 0.246 e. The molecule has 3 rings (SSSR count). The summed E-state index contributed by atoms with van der Waals surface area (Å²) >= 11 is 0. The fourth-order valence-electron chi connectivity index (χ4n) is 3.03. The van der Waals surface area contributed by atoms with Crippen molar-refractivity contribution in [1.82, 2.24) is 9.62 Å². The maximum absolute atomic E-state index is 14.2. The average molecular weight is 462 g/mol. The molecule has 5 nitrogen and oxygen atoms in total. The van der Waals surface area contributed by atoms with Crippen LogP contribution in [0.5, 0.6) is 0 Å². The number of sulfonamides is 1. The van der Waals surface area contributed by atoms with Gasteiger partial charge in [-0.25, -0.2) is 21.6 Å². The number of nitrogens with zero attached hydrogens (tertiary/aromatic N) is 1. The number of amides is 1. The van der Waals surface area contributed by atoms with Gasteiger partial charge in [-0.1, -0.05) is 36.4 Å². The number of carbonyl (C=O) groups excluding carboxylic acids is 1. The van der Waals surface area contributed by atoms with Crippen LogP contribution in [0.25, 0.3) is 0 Å². The molecule has 0 spiro atoms. The van der Waals surface area contributed by atoms with Gasteiger partial charge in [0.25, 0.3) is 0 Å². The van der Waals surface area contributed by atoms with E-state index < -0.39 is 39.0 Å². The molecule has 0 aliphatic carbocycles. The molecule has 9 heteroatoms. The van der Waals surface area contributed by atoms with E-state index in [1.165, 1.54) is 48.5 Å². The molecule has 0 atom stereocenters. The van der Waals surface area contributed by atoms with E-state index in [1.807, 2.05) is 0 Å². The number of carbonyl (C=O) groups is 1. The molecule has 0 radical (unpaired) electrons. The molecule has 0 aromatic heterocycles. The molecular weight excluding hydrogens is 441 g/mol. The molecule has 0 unspecified atom stereocenters. The molecule has 3 aromatic rings. The van der Waals surface area contributed by atoms with Gasteiger partial charge in [-0.2, -0.15) is 4.31 Å². The van der Waals surface area contributed by atoms with Gasteiger partial charge in [0.15, 0.2) is 0 Å². The van der Waals surface area contributed by atoms with Gasteiger partial charge in [-0.15, -0.1) is 0 Å². The summed E-state index contributed by atoms with van der Waals surface area (Å²) in [5.41, 5.74) is 1.24. The Balaban J connectivity index is 1.74. The second-order valence-corrected chi connectivity index (χ2v) is 8.96. The molecule has 0 aliphatic heterocycles. The highest BCUT2D eigenvalue weighted by Gasteiger charge is 2.29. The topological polar surface area (TPSA) is 66.5 Å². The lowest BCUT2D eigenvalue weighted by Gasteiger charge is -2.22. The van der Waals surface area contributed by atoms with Crippen LogP contribution in [0.3, 0.4) is 0 Å². The summed E-state index contributed by atoms with van der Waals surface area (Å²) in [4.78, 5) is 11.9. The lowest BCUT2D eigenvalue weighted by atomic mass is 10.1. The van der Waals surface area contributed by atoms with E-state index in [2.05, 4.69) is 5.32 Å². The van der Waals surface area contributed by atoms with Gasteiger partial charge in [-0.05, 0) is 53.9 Å². The van der Waals surface area contributed by atoms with E-state index in [0.29, 0.717) is 12.0 Å². The summed E-state index contributed by atoms with van der Waals surface area (Å²) in [6.45, 7) is -0.603. The number of benzene rings is 3. The van der Waals surface area contributed by atoms with Gasteiger partial charge >= 0.3 is 0 Å². The van der Waals surface area contributed by atoms with Crippen LogP contribution in [0, 0.1) is 17.5 Å². The first-order chi connectivity index (χ1) is 15.3. The first-order valence-corrected chi connectivity index (χ1v) is 11.2. The third-order valence-corrected chi connectivity index (χ3v) is 6.52. The quantitative estimate of drug-likeness (QED) is 0.528. The summed E-state index contributed by atoms with van der Waals surface area (Å²) in [6.07, 6.45) is 0.421. The Morgan fingerprint density at radius 3 is 1.97 bits per heavy atom. The van der Waals surface area contributed by atoms with Crippen molar-refractivity contribution in [3.8, 4) is 0 Å². The zero-order valence-corrected chi connectivity index (χ0v) is 17.8. The van der Waals surface area contributed by atoms with Crippen LogP contribution in [0.4, 0.5) is 13.2 Å². The van der Waals surface area contributed by atoms with E-state index in [0.717, 1.165) is 22.0 Å². The first-order valence-electron chi connectivity index (χ1n) is 9.76. The standard InChI is InChI=1S/C23H21F3N2O3S/c24-19-9-5-17(6-10-19)13-14-27-23(29)16-28(15-18-7-11-20(25)12-8-18)32(30,31)22-4-2-1-3-21(22)26/h1-12H,13-16H2,(H,27,29). The molecule has 168 valence electrons. The molecule has 0 fully saturated rings. The fraction of sp³-hybridized carbons (Fsp3) is 0.174. The molecule has 0 bridgehead atoms. The van der Waals surface area contributed by atoms with Crippen molar-refractivity contribution in [3.63, 3.8) is 0 Å². The maximum atomic E-state index is 14.2. The average Bonchev–Trinajstić information content (AvgIpc) is 2.76. The molecule has 0 heterocycles. The first kappa shape index (κ1) is 23.5. The van der Waals surface area contributed by atoms with Crippen molar-refractivity contribution < 1.29 is 26.4 Å². The van der Waals surface area contributed by atoms with Gasteiger partial charge in [-0.3, -0.25) is 4.79 Å². The van der Waals surface area contributed by atoms with Crippen molar-refractivity contribution >= 4 is 15.9 Å². The zero-order valence-electron chi connectivity index (χ0n) is 17.0. The van der Waals surface area contributed by atoms with Gasteiger partial charge in [0.1, 0.15) is 22.3 Å². The van der Waals surface area contributed by atoms with Crippen molar-refractivity contribution in [2.24, 2.45) is 0 Å². The van der Waals surface area contributed by atoms with Crippen LogP contribution < -0.4 is 5.32 Å². The Bertz CT molecular complexity index is 1170. The molecule has 0 aliphatic rings. The van der Waals surface area contributed by atoms with Crippen LogP contribution in [0.15, 0.2) is 77.7 Å². The zero-order chi connectivity index (χ0) is 23.1. The number of halogens is 3. The van der Waals surface area contributed by atoms with E-state index in [9.17, 15) is 26.4 Å². The van der Waals surface area contributed by atoms with Gasteiger partial charge < -0.3 is 5.32 Å². The van der Waals surface area contributed by atoms with E-state index in [4.69, 9.17) is 0 Å².